The fourth-order valence-corrected chi connectivity index (χ4v) is 5.04. The number of benzene rings is 3. The van der Waals surface area contributed by atoms with Crippen molar-refractivity contribution in [2.75, 3.05) is 28.7 Å². The second-order valence-electron chi connectivity index (χ2n) is 8.28. The maximum Gasteiger partial charge on any atom is 0.331 e. The lowest BCUT2D eigenvalue weighted by atomic mass is 10.2. The summed E-state index contributed by atoms with van der Waals surface area (Å²) in [6.45, 7) is 4.57. The summed E-state index contributed by atoms with van der Waals surface area (Å²) in [5.74, 6) is 0.972. The summed E-state index contributed by atoms with van der Waals surface area (Å²) in [5.41, 5.74) is 2.63. The van der Waals surface area contributed by atoms with Gasteiger partial charge in [-0.2, -0.15) is 0 Å². The normalized spacial score (nSPS) is 13.9. The lowest BCUT2D eigenvalue weighted by Gasteiger charge is -2.31. The van der Waals surface area contributed by atoms with Crippen LogP contribution in [-0.2, 0) is 4.79 Å². The Morgan fingerprint density at radius 1 is 0.857 bits per heavy atom. The first-order chi connectivity index (χ1) is 17.1. The summed E-state index contributed by atoms with van der Waals surface area (Å²) in [6, 6.07) is 18.8. The average molecular weight is 490 g/mol. The van der Waals surface area contributed by atoms with Crippen LogP contribution in [0.1, 0.15) is 26.7 Å². The number of fused-ring (bicyclic) bond motifs is 2. The van der Waals surface area contributed by atoms with Gasteiger partial charge in [0.25, 0.3) is 0 Å². The van der Waals surface area contributed by atoms with Gasteiger partial charge in [-0.1, -0.05) is 36.0 Å². The third-order valence-electron chi connectivity index (χ3n) is 5.76. The molecule has 1 aliphatic carbocycles. The number of rotatable bonds is 7. The summed E-state index contributed by atoms with van der Waals surface area (Å²) in [4.78, 5) is 29.8. The van der Waals surface area contributed by atoms with Gasteiger partial charge in [-0.3, -0.25) is 9.69 Å². The van der Waals surface area contributed by atoms with Crippen LogP contribution >= 0.6 is 11.8 Å². The first-order valence-corrected chi connectivity index (χ1v) is 12.6. The minimum absolute atomic E-state index is 0.0239. The summed E-state index contributed by atoms with van der Waals surface area (Å²) in [6.07, 6.45) is 1.80. The van der Waals surface area contributed by atoms with Crippen molar-refractivity contribution < 1.29 is 19.1 Å². The highest BCUT2D eigenvalue weighted by molar-refractivity contribution is 7.99. The van der Waals surface area contributed by atoms with Crippen LogP contribution in [0.2, 0.25) is 0 Å². The Hall–Kier alpha value is -3.65. The van der Waals surface area contributed by atoms with Gasteiger partial charge in [-0.25, -0.2) is 4.79 Å². The summed E-state index contributed by atoms with van der Waals surface area (Å²) in [7, 11) is 0. The zero-order valence-electron chi connectivity index (χ0n) is 19.7. The molecule has 0 saturated heterocycles. The maximum atomic E-state index is 13.7. The standard InChI is InChI=1S/C27H27N3O4S/c1-3-33-22-16-19(23(34-4-2)15-18(22)28-26(31)17-13-14-17)29-27(32)30-20-9-5-7-11-24(20)35-25-12-8-6-10-21(25)30/h5-12,15-17H,3-4,13-14H2,1-2H3,(H,28,31)(H,29,32). The van der Waals surface area contributed by atoms with Crippen molar-refractivity contribution in [3.05, 3.63) is 60.7 Å². The van der Waals surface area contributed by atoms with Gasteiger partial charge in [0.15, 0.2) is 0 Å². The van der Waals surface area contributed by atoms with Gasteiger partial charge < -0.3 is 20.1 Å². The molecule has 1 aliphatic heterocycles. The molecular weight excluding hydrogens is 462 g/mol. The third kappa shape index (κ3) is 4.79. The first-order valence-electron chi connectivity index (χ1n) is 11.8. The van der Waals surface area contributed by atoms with Crippen LogP contribution in [-0.4, -0.2) is 25.2 Å². The fraction of sp³-hybridized carbons (Fsp3) is 0.259. The molecule has 5 rings (SSSR count). The molecule has 3 amide bonds. The van der Waals surface area contributed by atoms with Crippen LogP contribution in [0.5, 0.6) is 11.5 Å². The van der Waals surface area contributed by atoms with Gasteiger partial charge in [-0.05, 0) is 51.0 Å². The number of carbonyl (C=O) groups is 2. The largest absolute Gasteiger partial charge is 0.492 e. The highest BCUT2D eigenvalue weighted by atomic mass is 32.2. The van der Waals surface area contributed by atoms with E-state index in [1.54, 1.807) is 28.8 Å². The first kappa shape index (κ1) is 23.1. The second kappa shape index (κ2) is 9.92. The summed E-state index contributed by atoms with van der Waals surface area (Å²) >= 11 is 1.64. The summed E-state index contributed by atoms with van der Waals surface area (Å²) in [5, 5.41) is 5.98. The van der Waals surface area contributed by atoms with E-state index >= 15 is 0 Å². The predicted octanol–water partition coefficient (Wildman–Crippen LogP) is 6.67. The third-order valence-corrected chi connectivity index (χ3v) is 6.89. The van der Waals surface area contributed by atoms with Crippen molar-refractivity contribution in [1.29, 1.82) is 0 Å². The molecule has 2 aliphatic rings. The van der Waals surface area contributed by atoms with Crippen molar-refractivity contribution in [1.82, 2.24) is 0 Å². The molecule has 0 bridgehead atoms. The number of hydrogen-bond donors (Lipinski definition) is 2. The van der Waals surface area contributed by atoms with Crippen molar-refractivity contribution >= 4 is 46.4 Å². The molecule has 0 radical (unpaired) electrons. The molecule has 0 aromatic heterocycles. The van der Waals surface area contributed by atoms with Gasteiger partial charge in [0.1, 0.15) is 11.5 Å². The minimum Gasteiger partial charge on any atom is -0.492 e. The number of anilines is 4. The van der Waals surface area contributed by atoms with Gasteiger partial charge >= 0.3 is 6.03 Å². The number of carbonyl (C=O) groups excluding carboxylic acids is 2. The lowest BCUT2D eigenvalue weighted by Crippen LogP contribution is -2.32. The second-order valence-corrected chi connectivity index (χ2v) is 9.36. The number of para-hydroxylation sites is 2. The van der Waals surface area contributed by atoms with Gasteiger partial charge in [-0.15, -0.1) is 0 Å². The Kier molecular flexibility index (Phi) is 6.55. The molecule has 0 unspecified atom stereocenters. The molecule has 2 N–H and O–H groups in total. The van der Waals surface area contributed by atoms with Crippen molar-refractivity contribution in [3.63, 3.8) is 0 Å². The molecule has 3 aromatic carbocycles. The Morgan fingerprint density at radius 3 is 1.89 bits per heavy atom. The molecule has 1 saturated carbocycles. The van der Waals surface area contributed by atoms with E-state index in [0.717, 1.165) is 34.0 Å². The predicted molar refractivity (Wildman–Crippen MR) is 138 cm³/mol. The van der Waals surface area contributed by atoms with Crippen LogP contribution in [0.4, 0.5) is 27.5 Å². The van der Waals surface area contributed by atoms with Crippen LogP contribution in [0.3, 0.4) is 0 Å². The lowest BCUT2D eigenvalue weighted by molar-refractivity contribution is -0.117. The Bertz CT molecular complexity index is 1230. The molecule has 35 heavy (non-hydrogen) atoms. The molecule has 0 atom stereocenters. The quantitative estimate of drug-likeness (QED) is 0.388. The van der Waals surface area contributed by atoms with E-state index in [4.69, 9.17) is 9.47 Å². The number of nitrogens with one attached hydrogen (secondary N) is 2. The topological polar surface area (TPSA) is 79.9 Å². The van der Waals surface area contributed by atoms with E-state index in [9.17, 15) is 9.59 Å². The minimum atomic E-state index is -0.316. The molecule has 1 fully saturated rings. The molecule has 7 nitrogen and oxygen atoms in total. The van der Waals surface area contributed by atoms with Gasteiger partial charge in [0, 0.05) is 27.8 Å². The van der Waals surface area contributed by atoms with Crippen LogP contribution in [0, 0.1) is 5.92 Å². The van der Waals surface area contributed by atoms with E-state index in [1.807, 2.05) is 62.4 Å². The summed E-state index contributed by atoms with van der Waals surface area (Å²) < 4.78 is 11.7. The molecule has 3 aromatic rings. The van der Waals surface area contributed by atoms with Gasteiger partial charge in [0.2, 0.25) is 5.91 Å². The molecule has 1 heterocycles. The number of ether oxygens (including phenoxy) is 2. The van der Waals surface area contributed by atoms with Crippen molar-refractivity contribution in [2.45, 2.75) is 36.5 Å². The van der Waals surface area contributed by atoms with E-state index in [0.29, 0.717) is 36.1 Å². The Balaban J connectivity index is 1.50. The Morgan fingerprint density at radius 2 is 1.37 bits per heavy atom. The molecular formula is C27H27N3O4S. The van der Waals surface area contributed by atoms with Crippen molar-refractivity contribution in [2.24, 2.45) is 5.92 Å². The van der Waals surface area contributed by atoms with E-state index in [2.05, 4.69) is 10.6 Å². The van der Waals surface area contributed by atoms with E-state index < -0.39 is 0 Å². The number of hydrogen-bond acceptors (Lipinski definition) is 5. The van der Waals surface area contributed by atoms with E-state index in [1.165, 1.54) is 0 Å². The molecule has 180 valence electrons. The van der Waals surface area contributed by atoms with Crippen LogP contribution in [0.15, 0.2) is 70.5 Å². The number of amides is 3. The van der Waals surface area contributed by atoms with Crippen LogP contribution < -0.4 is 25.0 Å². The zero-order valence-corrected chi connectivity index (χ0v) is 20.5. The van der Waals surface area contributed by atoms with Gasteiger partial charge in [0.05, 0.1) is 36.0 Å². The fourth-order valence-electron chi connectivity index (χ4n) is 3.98. The van der Waals surface area contributed by atoms with E-state index in [-0.39, 0.29) is 17.9 Å². The zero-order chi connectivity index (χ0) is 24.4. The smallest absolute Gasteiger partial charge is 0.331 e. The highest BCUT2D eigenvalue weighted by Gasteiger charge is 2.31. The molecule has 0 spiro atoms. The molecule has 8 heteroatoms. The highest BCUT2D eigenvalue weighted by Crippen LogP contribution is 2.48. The Labute approximate surface area is 208 Å². The number of urea groups is 1. The number of nitrogens with zero attached hydrogens (tertiary/aromatic N) is 1. The SMILES string of the molecule is CCOc1cc(NC(=O)N2c3ccccc3Sc3ccccc32)c(OCC)cc1NC(=O)C1CC1. The average Bonchev–Trinajstić information content (AvgIpc) is 3.71. The maximum absolute atomic E-state index is 13.7. The van der Waals surface area contributed by atoms with Crippen LogP contribution in [0.25, 0.3) is 0 Å². The van der Waals surface area contributed by atoms with Crippen molar-refractivity contribution in [3.8, 4) is 11.5 Å². The monoisotopic (exact) mass is 489 g/mol.